The summed E-state index contributed by atoms with van der Waals surface area (Å²) in [5, 5.41) is 3.24. The maximum absolute atomic E-state index is 12.8. The molecule has 0 radical (unpaired) electrons. The topological polar surface area (TPSA) is 24.5 Å². The molecule has 0 saturated carbocycles. The predicted molar refractivity (Wildman–Crippen MR) is 78.0 cm³/mol. The number of halogens is 3. The van der Waals surface area contributed by atoms with E-state index in [1.165, 1.54) is 0 Å². The normalized spacial score (nSPS) is 17.6. The molecule has 1 atom stereocenters. The zero-order valence-corrected chi connectivity index (χ0v) is 12.3. The van der Waals surface area contributed by atoms with Gasteiger partial charge in [0.15, 0.2) is 0 Å². The molecule has 0 aromatic heterocycles. The Kier molecular flexibility index (Phi) is 7.19. The van der Waals surface area contributed by atoms with Gasteiger partial charge in [0.05, 0.1) is 7.11 Å². The summed E-state index contributed by atoms with van der Waals surface area (Å²) in [5.74, 6) is 0.715. The summed E-state index contributed by atoms with van der Waals surface area (Å²) in [5.41, 5.74) is 0.904. The van der Waals surface area contributed by atoms with Gasteiger partial charge >= 0.3 is 0 Å². The molecule has 0 aliphatic carbocycles. The van der Waals surface area contributed by atoms with Gasteiger partial charge in [0, 0.05) is 38.6 Å². The average Bonchev–Trinajstić information content (AvgIpc) is 2.45. The van der Waals surface area contributed by atoms with Crippen molar-refractivity contribution in [1.82, 2.24) is 10.2 Å². The Morgan fingerprint density at radius 3 is 2.60 bits per heavy atom. The van der Waals surface area contributed by atoms with Gasteiger partial charge in [-0.15, -0.1) is 12.4 Å². The summed E-state index contributed by atoms with van der Waals surface area (Å²) in [7, 11) is 1.59. The Labute approximate surface area is 124 Å². The van der Waals surface area contributed by atoms with Crippen molar-refractivity contribution in [2.75, 3.05) is 33.3 Å². The van der Waals surface area contributed by atoms with E-state index in [-0.39, 0.29) is 24.9 Å². The lowest BCUT2D eigenvalue weighted by Crippen LogP contribution is -2.45. The van der Waals surface area contributed by atoms with E-state index in [0.29, 0.717) is 5.75 Å². The van der Waals surface area contributed by atoms with Crippen molar-refractivity contribution >= 4 is 12.4 Å². The zero-order chi connectivity index (χ0) is 13.7. The molecule has 1 aliphatic heterocycles. The highest BCUT2D eigenvalue weighted by Gasteiger charge is 2.25. The molecule has 20 heavy (non-hydrogen) atoms. The van der Waals surface area contributed by atoms with Crippen molar-refractivity contribution in [3.8, 4) is 5.75 Å². The summed E-state index contributed by atoms with van der Waals surface area (Å²) in [4.78, 5) is 2.12. The minimum Gasteiger partial charge on any atom is -0.497 e. The standard InChI is InChI=1S/C14H20F2N2O.ClH/c1-19-12-4-2-3-11(9-12)13(10-14(15)16)18-7-5-17-6-8-18;/h2-4,9,13-14,17H,5-8,10H2,1H3;1H/t13-;/m1./s1. The summed E-state index contributed by atoms with van der Waals surface area (Å²) in [6.45, 7) is 3.30. The smallest absolute Gasteiger partial charge is 0.240 e. The van der Waals surface area contributed by atoms with Gasteiger partial charge in [0.1, 0.15) is 5.75 Å². The third kappa shape index (κ3) is 4.58. The minimum atomic E-state index is -2.30. The molecule has 1 fully saturated rings. The highest BCUT2D eigenvalue weighted by atomic mass is 35.5. The second kappa shape index (κ2) is 8.39. The summed E-state index contributed by atoms with van der Waals surface area (Å²) in [6, 6.07) is 7.21. The van der Waals surface area contributed by atoms with Crippen LogP contribution in [0, 0.1) is 0 Å². The van der Waals surface area contributed by atoms with Gasteiger partial charge in [0.2, 0.25) is 6.43 Å². The molecule has 1 heterocycles. The van der Waals surface area contributed by atoms with Crippen LogP contribution in [0.2, 0.25) is 0 Å². The van der Waals surface area contributed by atoms with Crippen LogP contribution in [0.25, 0.3) is 0 Å². The summed E-state index contributed by atoms with van der Waals surface area (Å²) < 4.78 is 30.8. The van der Waals surface area contributed by atoms with Gasteiger partial charge in [-0.05, 0) is 17.7 Å². The molecular weight excluding hydrogens is 286 g/mol. The molecule has 6 heteroatoms. The zero-order valence-electron chi connectivity index (χ0n) is 11.5. The Morgan fingerprint density at radius 1 is 1.30 bits per heavy atom. The first-order valence-corrected chi connectivity index (χ1v) is 6.57. The lowest BCUT2D eigenvalue weighted by molar-refractivity contribution is 0.0738. The van der Waals surface area contributed by atoms with Crippen LogP contribution in [0.1, 0.15) is 18.0 Å². The third-order valence-corrected chi connectivity index (χ3v) is 3.47. The number of methoxy groups -OCH3 is 1. The summed E-state index contributed by atoms with van der Waals surface area (Å²) >= 11 is 0. The molecule has 1 aromatic carbocycles. The molecule has 0 spiro atoms. The van der Waals surface area contributed by atoms with E-state index in [9.17, 15) is 8.78 Å². The van der Waals surface area contributed by atoms with E-state index < -0.39 is 6.43 Å². The SMILES string of the molecule is COc1cccc([C@@H](CC(F)F)N2CCNCC2)c1.Cl. The van der Waals surface area contributed by atoms with E-state index in [1.54, 1.807) is 7.11 Å². The fraction of sp³-hybridized carbons (Fsp3) is 0.571. The van der Waals surface area contributed by atoms with Gasteiger partial charge in [0.25, 0.3) is 0 Å². The predicted octanol–water partition coefficient (Wildman–Crippen LogP) is 2.72. The first-order chi connectivity index (χ1) is 9.20. The largest absolute Gasteiger partial charge is 0.497 e. The molecule has 1 N–H and O–H groups in total. The maximum atomic E-state index is 12.8. The minimum absolute atomic E-state index is 0. The number of nitrogens with one attached hydrogen (secondary N) is 1. The number of piperazine rings is 1. The fourth-order valence-corrected chi connectivity index (χ4v) is 2.51. The lowest BCUT2D eigenvalue weighted by Gasteiger charge is -2.35. The second-order valence-electron chi connectivity index (χ2n) is 4.71. The third-order valence-electron chi connectivity index (χ3n) is 3.47. The Balaban J connectivity index is 0.00000200. The molecule has 3 nitrogen and oxygen atoms in total. The van der Waals surface area contributed by atoms with Crippen molar-refractivity contribution in [2.45, 2.75) is 18.9 Å². The van der Waals surface area contributed by atoms with Gasteiger partial charge in [-0.1, -0.05) is 12.1 Å². The highest BCUT2D eigenvalue weighted by Crippen LogP contribution is 2.29. The van der Waals surface area contributed by atoms with Crippen LogP contribution in [-0.4, -0.2) is 44.6 Å². The number of rotatable bonds is 5. The first kappa shape index (κ1) is 17.1. The van der Waals surface area contributed by atoms with Gasteiger partial charge < -0.3 is 10.1 Å². The van der Waals surface area contributed by atoms with Gasteiger partial charge in [-0.2, -0.15) is 0 Å². The summed E-state index contributed by atoms with van der Waals surface area (Å²) in [6.07, 6.45) is -2.43. The van der Waals surface area contributed by atoms with Crippen molar-refractivity contribution in [1.29, 1.82) is 0 Å². The lowest BCUT2D eigenvalue weighted by atomic mass is 10.0. The quantitative estimate of drug-likeness (QED) is 0.905. The van der Waals surface area contributed by atoms with E-state index in [1.807, 2.05) is 24.3 Å². The monoisotopic (exact) mass is 306 g/mol. The molecule has 0 unspecified atom stereocenters. The number of hydrogen-bond donors (Lipinski definition) is 1. The Morgan fingerprint density at radius 2 is 2.00 bits per heavy atom. The van der Waals surface area contributed by atoms with E-state index in [4.69, 9.17) is 4.74 Å². The van der Waals surface area contributed by atoms with Crippen LogP contribution in [0.15, 0.2) is 24.3 Å². The average molecular weight is 307 g/mol. The van der Waals surface area contributed by atoms with Gasteiger partial charge in [-0.3, -0.25) is 4.90 Å². The first-order valence-electron chi connectivity index (χ1n) is 6.57. The van der Waals surface area contributed by atoms with E-state index in [0.717, 1.165) is 31.7 Å². The molecule has 2 rings (SSSR count). The number of alkyl halides is 2. The van der Waals surface area contributed by atoms with E-state index in [2.05, 4.69) is 10.2 Å². The highest BCUT2D eigenvalue weighted by molar-refractivity contribution is 5.85. The molecular formula is C14H21ClF2N2O. The second-order valence-corrected chi connectivity index (χ2v) is 4.71. The van der Waals surface area contributed by atoms with Crippen LogP contribution in [0.4, 0.5) is 8.78 Å². The van der Waals surface area contributed by atoms with Crippen LogP contribution >= 0.6 is 12.4 Å². The Hall–Kier alpha value is -0.910. The van der Waals surface area contributed by atoms with Crippen molar-refractivity contribution < 1.29 is 13.5 Å². The van der Waals surface area contributed by atoms with Crippen LogP contribution < -0.4 is 10.1 Å². The van der Waals surface area contributed by atoms with Crippen LogP contribution in [-0.2, 0) is 0 Å². The number of ether oxygens (including phenoxy) is 1. The number of nitrogens with zero attached hydrogens (tertiary/aromatic N) is 1. The number of benzene rings is 1. The van der Waals surface area contributed by atoms with Crippen molar-refractivity contribution in [3.05, 3.63) is 29.8 Å². The number of hydrogen-bond acceptors (Lipinski definition) is 3. The van der Waals surface area contributed by atoms with E-state index >= 15 is 0 Å². The van der Waals surface area contributed by atoms with Crippen molar-refractivity contribution in [3.63, 3.8) is 0 Å². The van der Waals surface area contributed by atoms with Crippen LogP contribution in [0.3, 0.4) is 0 Å². The molecule has 1 aromatic rings. The fourth-order valence-electron chi connectivity index (χ4n) is 2.51. The molecule has 1 aliphatic rings. The molecule has 114 valence electrons. The maximum Gasteiger partial charge on any atom is 0.240 e. The van der Waals surface area contributed by atoms with Crippen LogP contribution in [0.5, 0.6) is 5.75 Å². The molecule has 1 saturated heterocycles. The van der Waals surface area contributed by atoms with Gasteiger partial charge in [-0.25, -0.2) is 8.78 Å². The molecule has 0 amide bonds. The van der Waals surface area contributed by atoms with Crippen molar-refractivity contribution in [2.24, 2.45) is 0 Å². The molecule has 0 bridgehead atoms. The Bertz CT molecular complexity index is 401.